The number of thioether (sulfide) groups is 1. The summed E-state index contributed by atoms with van der Waals surface area (Å²) in [5.74, 6) is 0.860. The Labute approximate surface area is 117 Å². The first-order valence-electron chi connectivity index (χ1n) is 7.66. The number of piperidine rings is 1. The second-order valence-electron chi connectivity index (χ2n) is 6.34. The SMILES string of the molecule is CSC1CCCC(NC(C)C2CCCN(C)C2)C1. The van der Waals surface area contributed by atoms with E-state index in [1.54, 1.807) is 0 Å². The van der Waals surface area contributed by atoms with Gasteiger partial charge in [-0.25, -0.2) is 0 Å². The quantitative estimate of drug-likeness (QED) is 0.845. The molecular formula is C15H30N2S. The van der Waals surface area contributed by atoms with E-state index in [2.05, 4.69) is 42.2 Å². The minimum absolute atomic E-state index is 0.693. The number of hydrogen-bond donors (Lipinski definition) is 1. The normalized spacial score (nSPS) is 36.5. The third-order valence-electron chi connectivity index (χ3n) is 4.83. The molecule has 2 nitrogen and oxygen atoms in total. The Kier molecular flexibility index (Phi) is 5.84. The van der Waals surface area contributed by atoms with E-state index < -0.39 is 0 Å². The maximum atomic E-state index is 3.93. The minimum Gasteiger partial charge on any atom is -0.311 e. The average molecular weight is 270 g/mol. The molecule has 0 bridgehead atoms. The molecule has 3 heteroatoms. The van der Waals surface area contributed by atoms with Crippen LogP contribution in [0.3, 0.4) is 0 Å². The number of hydrogen-bond acceptors (Lipinski definition) is 3. The first kappa shape index (κ1) is 14.7. The van der Waals surface area contributed by atoms with E-state index in [1.165, 1.54) is 51.6 Å². The Balaban J connectivity index is 1.77. The fourth-order valence-corrected chi connectivity index (χ4v) is 4.46. The van der Waals surface area contributed by atoms with Crippen LogP contribution in [-0.4, -0.2) is 48.6 Å². The summed E-state index contributed by atoms with van der Waals surface area (Å²) in [6, 6.07) is 1.47. The van der Waals surface area contributed by atoms with E-state index in [-0.39, 0.29) is 0 Å². The van der Waals surface area contributed by atoms with Crippen LogP contribution in [0.1, 0.15) is 45.4 Å². The van der Waals surface area contributed by atoms with Crippen molar-refractivity contribution in [2.75, 3.05) is 26.4 Å². The van der Waals surface area contributed by atoms with Gasteiger partial charge in [0.2, 0.25) is 0 Å². The van der Waals surface area contributed by atoms with Gasteiger partial charge in [-0.05, 0) is 64.8 Å². The summed E-state index contributed by atoms with van der Waals surface area (Å²) in [5.41, 5.74) is 0. The molecule has 0 aromatic carbocycles. The van der Waals surface area contributed by atoms with Crippen LogP contribution in [0, 0.1) is 5.92 Å². The van der Waals surface area contributed by atoms with Gasteiger partial charge in [0.1, 0.15) is 0 Å². The lowest BCUT2D eigenvalue weighted by Crippen LogP contribution is -2.48. The molecule has 4 atom stereocenters. The molecule has 0 aromatic heterocycles. The molecule has 0 spiro atoms. The van der Waals surface area contributed by atoms with Crippen LogP contribution in [0.4, 0.5) is 0 Å². The highest BCUT2D eigenvalue weighted by Crippen LogP contribution is 2.28. The van der Waals surface area contributed by atoms with Gasteiger partial charge in [-0.3, -0.25) is 0 Å². The van der Waals surface area contributed by atoms with Crippen molar-refractivity contribution in [3.8, 4) is 0 Å². The van der Waals surface area contributed by atoms with Crippen LogP contribution in [-0.2, 0) is 0 Å². The monoisotopic (exact) mass is 270 g/mol. The zero-order valence-corrected chi connectivity index (χ0v) is 13.1. The first-order chi connectivity index (χ1) is 8.69. The highest BCUT2D eigenvalue weighted by atomic mass is 32.2. The van der Waals surface area contributed by atoms with E-state index in [0.29, 0.717) is 6.04 Å². The number of nitrogens with zero attached hydrogens (tertiary/aromatic N) is 1. The zero-order valence-electron chi connectivity index (χ0n) is 12.3. The van der Waals surface area contributed by atoms with Gasteiger partial charge >= 0.3 is 0 Å². The summed E-state index contributed by atoms with van der Waals surface area (Å²) in [4.78, 5) is 2.50. The topological polar surface area (TPSA) is 15.3 Å². The van der Waals surface area contributed by atoms with Gasteiger partial charge < -0.3 is 10.2 Å². The lowest BCUT2D eigenvalue weighted by Gasteiger charge is -2.37. The summed E-state index contributed by atoms with van der Waals surface area (Å²) < 4.78 is 0. The molecule has 1 aliphatic carbocycles. The zero-order chi connectivity index (χ0) is 13.0. The number of rotatable bonds is 4. The van der Waals surface area contributed by atoms with Gasteiger partial charge in [-0.1, -0.05) is 6.42 Å². The molecule has 0 radical (unpaired) electrons. The molecule has 18 heavy (non-hydrogen) atoms. The first-order valence-corrected chi connectivity index (χ1v) is 8.95. The molecule has 1 heterocycles. The van der Waals surface area contributed by atoms with E-state index in [9.17, 15) is 0 Å². The molecule has 1 N–H and O–H groups in total. The van der Waals surface area contributed by atoms with Crippen molar-refractivity contribution in [2.24, 2.45) is 5.92 Å². The predicted molar refractivity (Wildman–Crippen MR) is 82.4 cm³/mol. The maximum absolute atomic E-state index is 3.93. The van der Waals surface area contributed by atoms with Gasteiger partial charge in [0.05, 0.1) is 0 Å². The Morgan fingerprint density at radius 2 is 2.06 bits per heavy atom. The summed E-state index contributed by atoms with van der Waals surface area (Å²) in [6.07, 6.45) is 10.7. The third-order valence-corrected chi connectivity index (χ3v) is 5.92. The second-order valence-corrected chi connectivity index (χ2v) is 7.48. The van der Waals surface area contributed by atoms with E-state index in [0.717, 1.165) is 17.2 Å². The van der Waals surface area contributed by atoms with E-state index >= 15 is 0 Å². The fraction of sp³-hybridized carbons (Fsp3) is 1.00. The third kappa shape index (κ3) is 4.14. The standard InChI is InChI=1S/C15H30N2S/c1-12(13-6-5-9-17(2)11-13)16-14-7-4-8-15(10-14)18-3/h12-16H,4-11H2,1-3H3. The van der Waals surface area contributed by atoms with Crippen LogP contribution in [0.5, 0.6) is 0 Å². The van der Waals surface area contributed by atoms with Crippen LogP contribution >= 0.6 is 11.8 Å². The average Bonchev–Trinajstić information content (AvgIpc) is 2.39. The van der Waals surface area contributed by atoms with E-state index in [4.69, 9.17) is 0 Å². The predicted octanol–water partition coefficient (Wildman–Crippen LogP) is 2.98. The lowest BCUT2D eigenvalue weighted by molar-refractivity contribution is 0.168. The molecule has 2 fully saturated rings. The van der Waals surface area contributed by atoms with Gasteiger partial charge in [0.15, 0.2) is 0 Å². The molecule has 4 unspecified atom stereocenters. The Hall–Kier alpha value is 0.270. The summed E-state index contributed by atoms with van der Waals surface area (Å²) in [5, 5.41) is 4.83. The number of nitrogens with one attached hydrogen (secondary N) is 1. The highest BCUT2D eigenvalue weighted by molar-refractivity contribution is 7.99. The molecule has 106 valence electrons. The Bertz CT molecular complexity index is 247. The summed E-state index contributed by atoms with van der Waals surface area (Å²) in [6.45, 7) is 4.99. The Morgan fingerprint density at radius 3 is 2.78 bits per heavy atom. The minimum atomic E-state index is 0.693. The van der Waals surface area contributed by atoms with Gasteiger partial charge in [0, 0.05) is 23.9 Å². The van der Waals surface area contributed by atoms with Gasteiger partial charge in [0.25, 0.3) is 0 Å². The Morgan fingerprint density at radius 1 is 1.22 bits per heavy atom. The van der Waals surface area contributed by atoms with Crippen molar-refractivity contribution in [3.63, 3.8) is 0 Å². The van der Waals surface area contributed by atoms with Crippen molar-refractivity contribution in [1.82, 2.24) is 10.2 Å². The molecular weight excluding hydrogens is 240 g/mol. The van der Waals surface area contributed by atoms with Gasteiger partial charge in [-0.15, -0.1) is 0 Å². The molecule has 2 rings (SSSR count). The van der Waals surface area contributed by atoms with Crippen molar-refractivity contribution < 1.29 is 0 Å². The molecule has 0 aromatic rings. The van der Waals surface area contributed by atoms with Crippen LogP contribution < -0.4 is 5.32 Å². The summed E-state index contributed by atoms with van der Waals surface area (Å²) >= 11 is 2.06. The second kappa shape index (κ2) is 7.16. The molecule has 0 amide bonds. The summed E-state index contributed by atoms with van der Waals surface area (Å²) in [7, 11) is 2.27. The largest absolute Gasteiger partial charge is 0.311 e. The van der Waals surface area contributed by atoms with Gasteiger partial charge in [-0.2, -0.15) is 11.8 Å². The van der Waals surface area contributed by atoms with Crippen LogP contribution in [0.15, 0.2) is 0 Å². The van der Waals surface area contributed by atoms with Crippen molar-refractivity contribution in [1.29, 1.82) is 0 Å². The van der Waals surface area contributed by atoms with Crippen molar-refractivity contribution in [2.45, 2.75) is 62.8 Å². The smallest absolute Gasteiger partial charge is 0.00818 e. The number of likely N-dealkylation sites (tertiary alicyclic amines) is 1. The lowest BCUT2D eigenvalue weighted by atomic mass is 9.89. The molecule has 2 aliphatic rings. The molecule has 1 saturated heterocycles. The van der Waals surface area contributed by atoms with Crippen LogP contribution in [0.2, 0.25) is 0 Å². The van der Waals surface area contributed by atoms with Crippen molar-refractivity contribution >= 4 is 11.8 Å². The maximum Gasteiger partial charge on any atom is 0.00818 e. The fourth-order valence-electron chi connectivity index (χ4n) is 3.63. The highest BCUT2D eigenvalue weighted by Gasteiger charge is 2.27. The van der Waals surface area contributed by atoms with E-state index in [1.807, 2.05) is 0 Å². The molecule has 1 aliphatic heterocycles. The van der Waals surface area contributed by atoms with Crippen LogP contribution in [0.25, 0.3) is 0 Å². The van der Waals surface area contributed by atoms with Crippen molar-refractivity contribution in [3.05, 3.63) is 0 Å². The molecule has 1 saturated carbocycles.